The van der Waals surface area contributed by atoms with Gasteiger partial charge in [0.15, 0.2) is 0 Å². The van der Waals surface area contributed by atoms with Crippen molar-refractivity contribution in [2.75, 3.05) is 0 Å². The molecule has 0 aliphatic rings. The molecule has 0 fully saturated rings. The Bertz CT molecular complexity index is 411. The summed E-state index contributed by atoms with van der Waals surface area (Å²) in [5, 5.41) is 5.50. The van der Waals surface area contributed by atoms with Gasteiger partial charge in [0.2, 0.25) is 0 Å². The molecule has 2 aromatic rings. The van der Waals surface area contributed by atoms with Crippen LogP contribution in [0.4, 0.5) is 0 Å². The molecule has 0 amide bonds. The summed E-state index contributed by atoms with van der Waals surface area (Å²) >= 11 is 1.79. The van der Waals surface area contributed by atoms with Crippen LogP contribution in [0.25, 0.3) is 0 Å². The molecule has 0 saturated carbocycles. The van der Waals surface area contributed by atoms with Crippen molar-refractivity contribution in [1.29, 1.82) is 0 Å². The van der Waals surface area contributed by atoms with Crippen LogP contribution in [0.1, 0.15) is 16.0 Å². The predicted octanol–water partition coefficient (Wildman–Crippen LogP) is 2.14. The molecule has 0 atom stereocenters. The first kappa shape index (κ1) is 10.3. The number of rotatable bonds is 4. The highest BCUT2D eigenvalue weighted by Crippen LogP contribution is 2.14. The van der Waals surface area contributed by atoms with Crippen LogP contribution in [-0.4, -0.2) is 9.97 Å². The molecule has 1 N–H and O–H groups in total. The fourth-order valence-corrected chi connectivity index (χ4v) is 2.20. The van der Waals surface area contributed by atoms with Gasteiger partial charge in [-0.2, -0.15) is 0 Å². The summed E-state index contributed by atoms with van der Waals surface area (Å²) in [6, 6.07) is 2.15. The third-order valence-electron chi connectivity index (χ3n) is 2.20. The summed E-state index contributed by atoms with van der Waals surface area (Å²) in [4.78, 5) is 9.33. The van der Waals surface area contributed by atoms with Crippen LogP contribution in [0.15, 0.2) is 30.2 Å². The van der Waals surface area contributed by atoms with Crippen LogP contribution in [0.3, 0.4) is 0 Å². The van der Waals surface area contributed by atoms with E-state index >= 15 is 0 Å². The molecule has 4 heteroatoms. The second kappa shape index (κ2) is 5.00. The van der Waals surface area contributed by atoms with Gasteiger partial charge in [-0.1, -0.05) is 0 Å². The molecule has 0 aliphatic heterocycles. The Labute approximate surface area is 93.2 Å². The lowest BCUT2D eigenvalue weighted by molar-refractivity contribution is 0.694. The predicted molar refractivity (Wildman–Crippen MR) is 61.6 cm³/mol. The molecule has 0 saturated heterocycles. The molecule has 3 nitrogen and oxygen atoms in total. The monoisotopic (exact) mass is 219 g/mol. The molecule has 0 bridgehead atoms. The standard InChI is InChI=1S/C11H13N3S/c1-9-2-3-15-11(9)7-12-4-10-5-13-8-14-6-10/h2-3,5-6,8,12H,4,7H2,1H3. The second-order valence-corrected chi connectivity index (χ2v) is 4.38. The minimum absolute atomic E-state index is 0.818. The van der Waals surface area contributed by atoms with Crippen molar-refractivity contribution in [2.24, 2.45) is 0 Å². The maximum absolute atomic E-state index is 3.97. The van der Waals surface area contributed by atoms with E-state index in [1.807, 2.05) is 12.4 Å². The van der Waals surface area contributed by atoms with E-state index in [4.69, 9.17) is 0 Å². The van der Waals surface area contributed by atoms with Crippen LogP contribution in [0.5, 0.6) is 0 Å². The lowest BCUT2D eigenvalue weighted by Crippen LogP contribution is -2.12. The molecule has 2 rings (SSSR count). The minimum atomic E-state index is 0.818. The number of nitrogens with zero attached hydrogens (tertiary/aromatic N) is 2. The van der Waals surface area contributed by atoms with Crippen LogP contribution < -0.4 is 5.32 Å². The second-order valence-electron chi connectivity index (χ2n) is 3.38. The van der Waals surface area contributed by atoms with E-state index in [1.54, 1.807) is 17.7 Å². The van der Waals surface area contributed by atoms with Gasteiger partial charge in [-0.25, -0.2) is 9.97 Å². The Morgan fingerprint density at radius 3 is 2.73 bits per heavy atom. The lowest BCUT2D eigenvalue weighted by Gasteiger charge is -2.03. The topological polar surface area (TPSA) is 37.8 Å². The van der Waals surface area contributed by atoms with Crippen molar-refractivity contribution in [3.8, 4) is 0 Å². The van der Waals surface area contributed by atoms with Crippen molar-refractivity contribution in [3.63, 3.8) is 0 Å². The molecular formula is C11H13N3S. The first-order valence-corrected chi connectivity index (χ1v) is 5.72. The lowest BCUT2D eigenvalue weighted by atomic mass is 10.3. The summed E-state index contributed by atoms with van der Waals surface area (Å²) in [5.41, 5.74) is 2.48. The normalized spacial score (nSPS) is 10.5. The smallest absolute Gasteiger partial charge is 0.115 e. The van der Waals surface area contributed by atoms with Crippen LogP contribution in [-0.2, 0) is 13.1 Å². The maximum atomic E-state index is 3.97. The van der Waals surface area contributed by atoms with Gasteiger partial charge in [0, 0.05) is 35.9 Å². The van der Waals surface area contributed by atoms with Crippen molar-refractivity contribution < 1.29 is 0 Å². The van der Waals surface area contributed by atoms with E-state index in [0.717, 1.165) is 18.7 Å². The Kier molecular flexibility index (Phi) is 3.42. The van der Waals surface area contributed by atoms with Gasteiger partial charge < -0.3 is 5.32 Å². The largest absolute Gasteiger partial charge is 0.308 e. The summed E-state index contributed by atoms with van der Waals surface area (Å²) in [7, 11) is 0. The van der Waals surface area contributed by atoms with Gasteiger partial charge in [0.25, 0.3) is 0 Å². The van der Waals surface area contributed by atoms with Crippen molar-refractivity contribution >= 4 is 11.3 Å². The van der Waals surface area contributed by atoms with E-state index < -0.39 is 0 Å². The Morgan fingerprint density at radius 1 is 1.27 bits per heavy atom. The van der Waals surface area contributed by atoms with Gasteiger partial charge in [-0.15, -0.1) is 11.3 Å². The highest BCUT2D eigenvalue weighted by atomic mass is 32.1. The molecule has 15 heavy (non-hydrogen) atoms. The highest BCUT2D eigenvalue weighted by Gasteiger charge is 1.98. The number of thiophene rings is 1. The molecule has 0 aromatic carbocycles. The zero-order valence-corrected chi connectivity index (χ0v) is 9.42. The average Bonchev–Trinajstić information content (AvgIpc) is 2.66. The minimum Gasteiger partial charge on any atom is -0.308 e. The van der Waals surface area contributed by atoms with Crippen molar-refractivity contribution in [1.82, 2.24) is 15.3 Å². The van der Waals surface area contributed by atoms with E-state index in [1.165, 1.54) is 10.4 Å². The van der Waals surface area contributed by atoms with Gasteiger partial charge >= 0.3 is 0 Å². The Morgan fingerprint density at radius 2 is 2.07 bits per heavy atom. The van der Waals surface area contributed by atoms with Gasteiger partial charge in [-0.05, 0) is 23.9 Å². The third kappa shape index (κ3) is 2.84. The van der Waals surface area contributed by atoms with E-state index in [0.29, 0.717) is 0 Å². The van der Waals surface area contributed by atoms with Crippen LogP contribution in [0, 0.1) is 6.92 Å². The number of hydrogen-bond acceptors (Lipinski definition) is 4. The molecular weight excluding hydrogens is 206 g/mol. The highest BCUT2D eigenvalue weighted by molar-refractivity contribution is 7.10. The first-order chi connectivity index (χ1) is 7.36. The average molecular weight is 219 g/mol. The first-order valence-electron chi connectivity index (χ1n) is 4.84. The van der Waals surface area contributed by atoms with Crippen molar-refractivity contribution in [2.45, 2.75) is 20.0 Å². The summed E-state index contributed by atoms with van der Waals surface area (Å²) in [6.07, 6.45) is 5.22. The fraction of sp³-hybridized carbons (Fsp3) is 0.273. The van der Waals surface area contributed by atoms with E-state index in [9.17, 15) is 0 Å². The third-order valence-corrected chi connectivity index (χ3v) is 3.22. The van der Waals surface area contributed by atoms with E-state index in [-0.39, 0.29) is 0 Å². The molecule has 0 spiro atoms. The van der Waals surface area contributed by atoms with Gasteiger partial charge in [0.05, 0.1) is 0 Å². The van der Waals surface area contributed by atoms with Crippen LogP contribution in [0.2, 0.25) is 0 Å². The van der Waals surface area contributed by atoms with Crippen LogP contribution >= 0.6 is 11.3 Å². The summed E-state index contributed by atoms with van der Waals surface area (Å²) in [6.45, 7) is 3.87. The summed E-state index contributed by atoms with van der Waals surface area (Å²) < 4.78 is 0. The number of aromatic nitrogens is 2. The van der Waals surface area contributed by atoms with Crippen molar-refractivity contribution in [3.05, 3.63) is 46.2 Å². The molecule has 2 heterocycles. The molecule has 0 radical (unpaired) electrons. The van der Waals surface area contributed by atoms with E-state index in [2.05, 4.69) is 33.7 Å². The molecule has 78 valence electrons. The molecule has 2 aromatic heterocycles. The number of hydrogen-bond donors (Lipinski definition) is 1. The number of nitrogens with one attached hydrogen (secondary N) is 1. The Balaban J connectivity index is 1.83. The maximum Gasteiger partial charge on any atom is 0.115 e. The summed E-state index contributed by atoms with van der Waals surface area (Å²) in [5.74, 6) is 0. The Hall–Kier alpha value is -1.26. The van der Waals surface area contributed by atoms with Gasteiger partial charge in [-0.3, -0.25) is 0 Å². The zero-order chi connectivity index (χ0) is 10.5. The zero-order valence-electron chi connectivity index (χ0n) is 8.60. The molecule has 0 unspecified atom stereocenters. The quantitative estimate of drug-likeness (QED) is 0.856. The fourth-order valence-electron chi connectivity index (χ4n) is 1.33. The van der Waals surface area contributed by atoms with Gasteiger partial charge in [0.1, 0.15) is 6.33 Å². The number of aryl methyl sites for hydroxylation is 1. The molecule has 0 aliphatic carbocycles. The SMILES string of the molecule is Cc1ccsc1CNCc1cncnc1.